The van der Waals surface area contributed by atoms with Crippen LogP contribution in [0, 0.1) is 5.92 Å². The van der Waals surface area contributed by atoms with Crippen LogP contribution in [0.15, 0.2) is 0 Å². The predicted molar refractivity (Wildman–Crippen MR) is 63.4 cm³/mol. The topological polar surface area (TPSA) is 24.9 Å². The van der Waals surface area contributed by atoms with E-state index in [0.717, 1.165) is 5.92 Å². The van der Waals surface area contributed by atoms with Crippen LogP contribution in [0.5, 0.6) is 0 Å². The molecule has 0 spiro atoms. The molecule has 0 saturated carbocycles. The standard InChI is InChI=1S/C12H18N2S/c1-2-10-11(3-1)15-12(14-10)8-9-4-6-13-7-5-9/h9,13H,1-8H2. The Kier molecular flexibility index (Phi) is 2.76. The molecule has 1 aromatic rings. The SMILES string of the molecule is C1Cc2nc(CC3CCNCC3)sc2C1. The molecule has 15 heavy (non-hydrogen) atoms. The molecule has 1 aromatic heterocycles. The summed E-state index contributed by atoms with van der Waals surface area (Å²) in [5.41, 5.74) is 1.42. The summed E-state index contributed by atoms with van der Waals surface area (Å²) in [5, 5.41) is 4.83. The summed E-state index contributed by atoms with van der Waals surface area (Å²) in [6.07, 6.45) is 7.77. The molecule has 1 fully saturated rings. The van der Waals surface area contributed by atoms with Gasteiger partial charge in [-0.15, -0.1) is 11.3 Å². The summed E-state index contributed by atoms with van der Waals surface area (Å²) in [6, 6.07) is 0. The third-order valence-corrected chi connectivity index (χ3v) is 4.74. The van der Waals surface area contributed by atoms with E-state index in [1.165, 1.54) is 62.3 Å². The van der Waals surface area contributed by atoms with E-state index in [2.05, 4.69) is 5.32 Å². The van der Waals surface area contributed by atoms with Crippen molar-refractivity contribution < 1.29 is 0 Å². The van der Waals surface area contributed by atoms with Gasteiger partial charge in [0.2, 0.25) is 0 Å². The number of piperidine rings is 1. The Morgan fingerprint density at radius 2 is 2.13 bits per heavy atom. The first-order valence-corrected chi connectivity index (χ1v) is 6.91. The van der Waals surface area contributed by atoms with Crippen molar-refractivity contribution in [2.75, 3.05) is 13.1 Å². The van der Waals surface area contributed by atoms with Crippen molar-refractivity contribution in [3.05, 3.63) is 15.6 Å². The van der Waals surface area contributed by atoms with Crippen LogP contribution in [-0.2, 0) is 19.3 Å². The molecule has 0 amide bonds. The van der Waals surface area contributed by atoms with Gasteiger partial charge < -0.3 is 5.32 Å². The van der Waals surface area contributed by atoms with E-state index in [4.69, 9.17) is 4.98 Å². The first-order valence-electron chi connectivity index (χ1n) is 6.10. The molecule has 0 unspecified atom stereocenters. The van der Waals surface area contributed by atoms with Gasteiger partial charge in [0, 0.05) is 11.3 Å². The fourth-order valence-electron chi connectivity index (χ4n) is 2.66. The van der Waals surface area contributed by atoms with Gasteiger partial charge in [-0.05, 0) is 51.1 Å². The van der Waals surface area contributed by atoms with Gasteiger partial charge in [-0.3, -0.25) is 0 Å². The fraction of sp³-hybridized carbons (Fsp3) is 0.750. The number of thiazole rings is 1. The zero-order chi connectivity index (χ0) is 10.1. The van der Waals surface area contributed by atoms with Gasteiger partial charge >= 0.3 is 0 Å². The molecule has 1 saturated heterocycles. The van der Waals surface area contributed by atoms with E-state index in [9.17, 15) is 0 Å². The summed E-state index contributed by atoms with van der Waals surface area (Å²) in [4.78, 5) is 6.37. The highest BCUT2D eigenvalue weighted by molar-refractivity contribution is 7.11. The Morgan fingerprint density at radius 3 is 2.93 bits per heavy atom. The molecule has 3 heteroatoms. The largest absolute Gasteiger partial charge is 0.317 e. The van der Waals surface area contributed by atoms with Crippen molar-refractivity contribution >= 4 is 11.3 Å². The van der Waals surface area contributed by atoms with E-state index < -0.39 is 0 Å². The number of hydrogen-bond acceptors (Lipinski definition) is 3. The maximum atomic E-state index is 4.78. The van der Waals surface area contributed by atoms with Crippen molar-refractivity contribution in [3.8, 4) is 0 Å². The Labute approximate surface area is 95.1 Å². The fourth-order valence-corrected chi connectivity index (χ4v) is 3.94. The van der Waals surface area contributed by atoms with Crippen LogP contribution >= 0.6 is 11.3 Å². The molecule has 2 heterocycles. The summed E-state index contributed by atoms with van der Waals surface area (Å²) in [5.74, 6) is 0.887. The highest BCUT2D eigenvalue weighted by atomic mass is 32.1. The predicted octanol–water partition coefficient (Wildman–Crippen LogP) is 2.17. The normalized spacial score (nSPS) is 21.9. The number of aryl methyl sites for hydroxylation is 2. The maximum Gasteiger partial charge on any atom is 0.0933 e. The molecule has 1 aliphatic heterocycles. The first kappa shape index (κ1) is 9.79. The quantitative estimate of drug-likeness (QED) is 0.829. The third kappa shape index (κ3) is 2.08. The number of fused-ring (bicyclic) bond motifs is 1. The monoisotopic (exact) mass is 222 g/mol. The van der Waals surface area contributed by atoms with Gasteiger partial charge in [-0.1, -0.05) is 0 Å². The number of nitrogens with one attached hydrogen (secondary N) is 1. The lowest BCUT2D eigenvalue weighted by atomic mass is 9.95. The second-order valence-corrected chi connectivity index (χ2v) is 5.90. The van der Waals surface area contributed by atoms with E-state index in [1.54, 1.807) is 4.88 Å². The lowest BCUT2D eigenvalue weighted by Crippen LogP contribution is -2.28. The van der Waals surface area contributed by atoms with Gasteiger partial charge in [-0.25, -0.2) is 4.98 Å². The molecule has 0 aromatic carbocycles. The molecule has 1 N–H and O–H groups in total. The van der Waals surface area contributed by atoms with Gasteiger partial charge in [0.15, 0.2) is 0 Å². The van der Waals surface area contributed by atoms with Crippen molar-refractivity contribution in [2.24, 2.45) is 5.92 Å². The highest BCUT2D eigenvalue weighted by Gasteiger charge is 2.19. The van der Waals surface area contributed by atoms with Crippen LogP contribution < -0.4 is 5.32 Å². The second kappa shape index (κ2) is 4.22. The van der Waals surface area contributed by atoms with Crippen LogP contribution in [-0.4, -0.2) is 18.1 Å². The van der Waals surface area contributed by atoms with Gasteiger partial charge in [0.1, 0.15) is 0 Å². The Morgan fingerprint density at radius 1 is 1.27 bits per heavy atom. The average Bonchev–Trinajstić information content (AvgIpc) is 2.79. The van der Waals surface area contributed by atoms with Gasteiger partial charge in [-0.2, -0.15) is 0 Å². The molecule has 2 aliphatic rings. The van der Waals surface area contributed by atoms with E-state index in [-0.39, 0.29) is 0 Å². The first-order chi connectivity index (χ1) is 7.42. The van der Waals surface area contributed by atoms with Crippen LogP contribution in [0.4, 0.5) is 0 Å². The zero-order valence-corrected chi connectivity index (χ0v) is 9.91. The van der Waals surface area contributed by atoms with Crippen molar-refractivity contribution in [1.29, 1.82) is 0 Å². The third-order valence-electron chi connectivity index (χ3n) is 3.56. The van der Waals surface area contributed by atoms with Crippen LogP contribution in [0.3, 0.4) is 0 Å². The smallest absolute Gasteiger partial charge is 0.0933 e. The van der Waals surface area contributed by atoms with Gasteiger partial charge in [0.05, 0.1) is 10.7 Å². The highest BCUT2D eigenvalue weighted by Crippen LogP contribution is 2.29. The molecule has 2 nitrogen and oxygen atoms in total. The molecule has 0 atom stereocenters. The second-order valence-electron chi connectivity index (χ2n) is 4.73. The lowest BCUT2D eigenvalue weighted by Gasteiger charge is -2.21. The maximum absolute atomic E-state index is 4.78. The Balaban J connectivity index is 1.66. The zero-order valence-electron chi connectivity index (χ0n) is 9.09. The van der Waals surface area contributed by atoms with Crippen molar-refractivity contribution in [3.63, 3.8) is 0 Å². The number of rotatable bonds is 2. The number of hydrogen-bond donors (Lipinski definition) is 1. The van der Waals surface area contributed by atoms with Crippen LogP contribution in [0.2, 0.25) is 0 Å². The summed E-state index contributed by atoms with van der Waals surface area (Å²) in [7, 11) is 0. The van der Waals surface area contributed by atoms with E-state index in [0.29, 0.717) is 0 Å². The van der Waals surface area contributed by atoms with E-state index >= 15 is 0 Å². The molecule has 1 aliphatic carbocycles. The molecular formula is C12H18N2S. The molecule has 0 radical (unpaired) electrons. The summed E-state index contributed by atoms with van der Waals surface area (Å²) in [6.45, 7) is 2.41. The Hall–Kier alpha value is -0.410. The number of aromatic nitrogens is 1. The van der Waals surface area contributed by atoms with E-state index in [1.807, 2.05) is 11.3 Å². The van der Waals surface area contributed by atoms with Crippen LogP contribution in [0.25, 0.3) is 0 Å². The van der Waals surface area contributed by atoms with Crippen molar-refractivity contribution in [1.82, 2.24) is 10.3 Å². The molecule has 82 valence electrons. The molecule has 0 bridgehead atoms. The summed E-state index contributed by atoms with van der Waals surface area (Å²) >= 11 is 1.98. The van der Waals surface area contributed by atoms with Crippen molar-refractivity contribution in [2.45, 2.75) is 38.5 Å². The lowest BCUT2D eigenvalue weighted by molar-refractivity contribution is 0.372. The van der Waals surface area contributed by atoms with Gasteiger partial charge in [0.25, 0.3) is 0 Å². The Bertz CT molecular complexity index is 318. The average molecular weight is 222 g/mol. The summed E-state index contributed by atoms with van der Waals surface area (Å²) < 4.78 is 0. The minimum atomic E-state index is 0.887. The molecule has 3 rings (SSSR count). The minimum Gasteiger partial charge on any atom is -0.317 e. The van der Waals surface area contributed by atoms with Crippen LogP contribution in [0.1, 0.15) is 34.8 Å². The number of nitrogens with zero attached hydrogens (tertiary/aromatic N) is 1. The molecular weight excluding hydrogens is 204 g/mol. The minimum absolute atomic E-state index is 0.887.